The molecule has 0 aromatic rings. The molecule has 0 saturated heterocycles. The van der Waals surface area contributed by atoms with E-state index in [1.807, 2.05) is 6.08 Å². The van der Waals surface area contributed by atoms with Crippen LogP contribution in [-0.2, 0) is 9.53 Å². The molecule has 0 heterocycles. The topological polar surface area (TPSA) is 26.3 Å². The SMILES string of the molecule is C=CCCCC(=O)CCOC. The van der Waals surface area contributed by atoms with Crippen LogP contribution < -0.4 is 0 Å². The number of Topliss-reactive ketones (excluding diaryl/α,β-unsaturated/α-hetero) is 1. The highest BCUT2D eigenvalue weighted by Crippen LogP contribution is 1.99. The van der Waals surface area contributed by atoms with Crippen molar-refractivity contribution in [1.82, 2.24) is 0 Å². The number of ether oxygens (including phenoxy) is 1. The Bertz CT molecular complexity index is 119. The molecule has 0 rings (SSSR count). The first-order valence-corrected chi connectivity index (χ1v) is 3.92. The zero-order valence-corrected chi connectivity index (χ0v) is 7.14. The highest BCUT2D eigenvalue weighted by Gasteiger charge is 1.99. The van der Waals surface area contributed by atoms with Gasteiger partial charge in [-0.2, -0.15) is 0 Å². The largest absolute Gasteiger partial charge is 0.384 e. The molecule has 0 aromatic carbocycles. The summed E-state index contributed by atoms with van der Waals surface area (Å²) in [7, 11) is 1.61. The molecule has 0 aliphatic rings. The van der Waals surface area contributed by atoms with Crippen molar-refractivity contribution in [3.8, 4) is 0 Å². The van der Waals surface area contributed by atoms with Crippen molar-refractivity contribution >= 4 is 5.78 Å². The number of hydrogen-bond donors (Lipinski definition) is 0. The quantitative estimate of drug-likeness (QED) is 0.416. The van der Waals surface area contributed by atoms with E-state index in [1.165, 1.54) is 0 Å². The Labute approximate surface area is 68.2 Å². The monoisotopic (exact) mass is 156 g/mol. The summed E-state index contributed by atoms with van der Waals surface area (Å²) in [4.78, 5) is 11.0. The van der Waals surface area contributed by atoms with Crippen LogP contribution in [0.5, 0.6) is 0 Å². The van der Waals surface area contributed by atoms with E-state index in [9.17, 15) is 4.79 Å². The lowest BCUT2D eigenvalue weighted by Crippen LogP contribution is -2.01. The maximum atomic E-state index is 11.0. The van der Waals surface area contributed by atoms with Crippen LogP contribution in [-0.4, -0.2) is 19.5 Å². The summed E-state index contributed by atoms with van der Waals surface area (Å²) >= 11 is 0. The zero-order valence-electron chi connectivity index (χ0n) is 7.14. The Morgan fingerprint density at radius 3 is 2.82 bits per heavy atom. The molecule has 0 radical (unpaired) electrons. The van der Waals surface area contributed by atoms with Gasteiger partial charge >= 0.3 is 0 Å². The van der Waals surface area contributed by atoms with Gasteiger partial charge in [0, 0.05) is 20.0 Å². The third-order valence-corrected chi connectivity index (χ3v) is 1.45. The first kappa shape index (κ1) is 10.4. The third kappa shape index (κ3) is 7.26. The van der Waals surface area contributed by atoms with Gasteiger partial charge in [-0.05, 0) is 12.8 Å². The molecular weight excluding hydrogens is 140 g/mol. The van der Waals surface area contributed by atoms with Crippen LogP contribution in [0.15, 0.2) is 12.7 Å². The van der Waals surface area contributed by atoms with Crippen LogP contribution in [0.4, 0.5) is 0 Å². The minimum atomic E-state index is 0.286. The smallest absolute Gasteiger partial charge is 0.135 e. The molecule has 0 bridgehead atoms. The van der Waals surface area contributed by atoms with E-state index in [0.717, 1.165) is 12.8 Å². The molecule has 0 aliphatic heterocycles. The number of carbonyl (C=O) groups excluding carboxylic acids is 1. The van der Waals surface area contributed by atoms with Crippen LogP contribution in [0.1, 0.15) is 25.7 Å². The van der Waals surface area contributed by atoms with E-state index in [0.29, 0.717) is 19.4 Å². The second kappa shape index (κ2) is 7.48. The number of ketones is 1. The zero-order chi connectivity index (χ0) is 8.53. The Morgan fingerprint density at radius 1 is 1.55 bits per heavy atom. The van der Waals surface area contributed by atoms with E-state index in [1.54, 1.807) is 7.11 Å². The summed E-state index contributed by atoms with van der Waals surface area (Å²) in [6.45, 7) is 4.13. The number of rotatable bonds is 7. The fourth-order valence-corrected chi connectivity index (χ4v) is 0.784. The van der Waals surface area contributed by atoms with Crippen LogP contribution in [0.3, 0.4) is 0 Å². The van der Waals surface area contributed by atoms with Gasteiger partial charge in [-0.1, -0.05) is 6.08 Å². The molecular formula is C9H16O2. The van der Waals surface area contributed by atoms with Crippen LogP contribution in [0, 0.1) is 0 Å². The molecule has 0 atom stereocenters. The second-order valence-corrected chi connectivity index (χ2v) is 2.46. The van der Waals surface area contributed by atoms with Crippen LogP contribution in [0.2, 0.25) is 0 Å². The predicted molar refractivity (Wildman–Crippen MR) is 45.5 cm³/mol. The van der Waals surface area contributed by atoms with Gasteiger partial charge in [-0.3, -0.25) is 4.79 Å². The van der Waals surface area contributed by atoms with Gasteiger partial charge in [0.1, 0.15) is 5.78 Å². The summed E-state index contributed by atoms with van der Waals surface area (Å²) in [5.41, 5.74) is 0. The molecule has 0 amide bonds. The molecule has 11 heavy (non-hydrogen) atoms. The van der Waals surface area contributed by atoms with Crippen molar-refractivity contribution in [2.45, 2.75) is 25.7 Å². The fourth-order valence-electron chi connectivity index (χ4n) is 0.784. The third-order valence-electron chi connectivity index (χ3n) is 1.45. The Balaban J connectivity index is 3.15. The van der Waals surface area contributed by atoms with E-state index < -0.39 is 0 Å². The van der Waals surface area contributed by atoms with E-state index in [2.05, 4.69) is 6.58 Å². The fraction of sp³-hybridized carbons (Fsp3) is 0.667. The average Bonchev–Trinajstić information content (AvgIpc) is 2.01. The molecule has 0 aromatic heterocycles. The minimum absolute atomic E-state index is 0.286. The number of methoxy groups -OCH3 is 1. The number of unbranched alkanes of at least 4 members (excludes halogenated alkanes) is 1. The summed E-state index contributed by atoms with van der Waals surface area (Å²) in [6.07, 6.45) is 4.90. The van der Waals surface area contributed by atoms with Gasteiger partial charge in [-0.15, -0.1) is 6.58 Å². The molecule has 0 unspecified atom stereocenters. The summed E-state index contributed by atoms with van der Waals surface area (Å²) in [6, 6.07) is 0. The summed E-state index contributed by atoms with van der Waals surface area (Å²) in [5, 5.41) is 0. The standard InChI is InChI=1S/C9H16O2/c1-3-4-5-6-9(10)7-8-11-2/h3H,1,4-8H2,2H3. The first-order chi connectivity index (χ1) is 5.31. The van der Waals surface area contributed by atoms with E-state index >= 15 is 0 Å². The lowest BCUT2D eigenvalue weighted by Gasteiger charge is -1.97. The minimum Gasteiger partial charge on any atom is -0.384 e. The molecule has 64 valence electrons. The average molecular weight is 156 g/mol. The Hall–Kier alpha value is -0.630. The maximum absolute atomic E-state index is 11.0. The van der Waals surface area contributed by atoms with Crippen molar-refractivity contribution in [3.05, 3.63) is 12.7 Å². The Morgan fingerprint density at radius 2 is 2.27 bits per heavy atom. The van der Waals surface area contributed by atoms with Gasteiger partial charge < -0.3 is 4.74 Å². The Kier molecular flexibility index (Phi) is 7.05. The van der Waals surface area contributed by atoms with Gasteiger partial charge in [0.25, 0.3) is 0 Å². The molecule has 0 N–H and O–H groups in total. The van der Waals surface area contributed by atoms with E-state index in [4.69, 9.17) is 4.74 Å². The number of carbonyl (C=O) groups is 1. The summed E-state index contributed by atoms with van der Waals surface area (Å²) in [5.74, 6) is 0.286. The number of hydrogen-bond acceptors (Lipinski definition) is 2. The van der Waals surface area contributed by atoms with Gasteiger partial charge in [0.15, 0.2) is 0 Å². The van der Waals surface area contributed by atoms with Gasteiger partial charge in [0.2, 0.25) is 0 Å². The lowest BCUT2D eigenvalue weighted by molar-refractivity contribution is -0.120. The highest BCUT2D eigenvalue weighted by atomic mass is 16.5. The van der Waals surface area contributed by atoms with E-state index in [-0.39, 0.29) is 5.78 Å². The molecule has 0 fully saturated rings. The van der Waals surface area contributed by atoms with Gasteiger partial charge in [0.05, 0.1) is 6.61 Å². The highest BCUT2D eigenvalue weighted by molar-refractivity contribution is 5.78. The van der Waals surface area contributed by atoms with Crippen LogP contribution >= 0.6 is 0 Å². The predicted octanol–water partition coefficient (Wildman–Crippen LogP) is 1.95. The molecule has 0 aliphatic carbocycles. The van der Waals surface area contributed by atoms with Crippen molar-refractivity contribution in [2.24, 2.45) is 0 Å². The van der Waals surface area contributed by atoms with Crippen molar-refractivity contribution in [2.75, 3.05) is 13.7 Å². The molecule has 2 nitrogen and oxygen atoms in total. The van der Waals surface area contributed by atoms with Crippen LogP contribution in [0.25, 0.3) is 0 Å². The van der Waals surface area contributed by atoms with Crippen molar-refractivity contribution in [1.29, 1.82) is 0 Å². The molecule has 2 heteroatoms. The normalized spacial score (nSPS) is 9.55. The lowest BCUT2D eigenvalue weighted by atomic mass is 10.1. The van der Waals surface area contributed by atoms with Crippen molar-refractivity contribution < 1.29 is 9.53 Å². The second-order valence-electron chi connectivity index (χ2n) is 2.46. The van der Waals surface area contributed by atoms with Gasteiger partial charge in [-0.25, -0.2) is 0 Å². The maximum Gasteiger partial charge on any atom is 0.135 e. The first-order valence-electron chi connectivity index (χ1n) is 3.92. The number of allylic oxidation sites excluding steroid dienone is 1. The summed E-state index contributed by atoms with van der Waals surface area (Å²) < 4.78 is 4.78. The molecule has 0 saturated carbocycles. The molecule has 0 spiro atoms. The van der Waals surface area contributed by atoms with Crippen molar-refractivity contribution in [3.63, 3.8) is 0 Å².